The van der Waals surface area contributed by atoms with Crippen LogP contribution in [0.15, 0.2) is 18.2 Å². The number of primary amides is 1. The molecule has 0 aromatic heterocycles. The predicted molar refractivity (Wildman–Crippen MR) is 113 cm³/mol. The Hall–Kier alpha value is -1.98. The van der Waals surface area contributed by atoms with E-state index in [1.807, 2.05) is 11.0 Å². The van der Waals surface area contributed by atoms with E-state index >= 15 is 0 Å². The number of nitrogens with two attached hydrogens (primary N) is 1. The fourth-order valence-electron chi connectivity index (χ4n) is 4.72. The number of amides is 1. The number of carbonyl (C=O) groups is 1. The van der Waals surface area contributed by atoms with Crippen LogP contribution in [0.3, 0.4) is 0 Å². The molecule has 3 rings (SSSR count). The molecule has 1 saturated carbocycles. The molecule has 0 radical (unpaired) electrons. The summed E-state index contributed by atoms with van der Waals surface area (Å²) in [4.78, 5) is 15.6. The maximum atomic E-state index is 13.0. The van der Waals surface area contributed by atoms with Gasteiger partial charge in [-0.3, -0.25) is 9.69 Å². The number of halogens is 4. The summed E-state index contributed by atoms with van der Waals surface area (Å²) in [6, 6.07) is 5.51. The molecule has 9 heteroatoms. The molecule has 1 aliphatic carbocycles. The predicted octanol–water partition coefficient (Wildman–Crippen LogP) is 4.30. The van der Waals surface area contributed by atoms with Crippen molar-refractivity contribution in [2.75, 3.05) is 37.6 Å². The van der Waals surface area contributed by atoms with Gasteiger partial charge in [-0.25, -0.2) is 0 Å². The van der Waals surface area contributed by atoms with E-state index in [2.05, 4.69) is 4.90 Å². The van der Waals surface area contributed by atoms with Crippen LogP contribution in [-0.2, 0) is 11.0 Å². The highest BCUT2D eigenvalue weighted by Crippen LogP contribution is 2.37. The van der Waals surface area contributed by atoms with Crippen LogP contribution < -0.4 is 10.6 Å². The van der Waals surface area contributed by atoms with Crippen molar-refractivity contribution in [3.8, 4) is 6.07 Å². The fourth-order valence-corrected chi connectivity index (χ4v) is 4.96. The maximum absolute atomic E-state index is 13.0. The Bertz CT molecular complexity index is 810. The number of carbonyl (C=O) groups excluding carboxylic acids is 1. The fraction of sp³-hybridized carbons (Fsp3) is 0.636. The quantitative estimate of drug-likeness (QED) is 0.692. The third-order valence-corrected chi connectivity index (χ3v) is 6.97. The monoisotopic (exact) mass is 456 g/mol. The van der Waals surface area contributed by atoms with Crippen LogP contribution in [0, 0.1) is 29.1 Å². The zero-order valence-corrected chi connectivity index (χ0v) is 18.1. The first kappa shape index (κ1) is 23.7. The molecule has 0 spiro atoms. The summed E-state index contributed by atoms with van der Waals surface area (Å²) in [5.41, 5.74) is 5.08. The SMILES string of the molecule is N#CC(C(N)=O)C1CCC(CCN2CCN(c3cc(C(F)(F)F)ccc3Cl)CC2)CC1. The molecule has 31 heavy (non-hydrogen) atoms. The first-order chi connectivity index (χ1) is 14.7. The molecule has 1 heterocycles. The molecule has 1 aromatic rings. The summed E-state index contributed by atoms with van der Waals surface area (Å²) in [5, 5.41) is 9.48. The van der Waals surface area contributed by atoms with Gasteiger partial charge in [-0.2, -0.15) is 18.4 Å². The molecule has 1 amide bonds. The lowest BCUT2D eigenvalue weighted by molar-refractivity contribution is -0.137. The van der Waals surface area contributed by atoms with Crippen LogP contribution in [0.1, 0.15) is 37.7 Å². The molecular weight excluding hydrogens is 429 g/mol. The van der Waals surface area contributed by atoms with Crippen molar-refractivity contribution in [3.05, 3.63) is 28.8 Å². The van der Waals surface area contributed by atoms with Crippen molar-refractivity contribution in [3.63, 3.8) is 0 Å². The largest absolute Gasteiger partial charge is 0.416 e. The number of rotatable bonds is 6. The summed E-state index contributed by atoms with van der Waals surface area (Å²) in [6.45, 7) is 3.77. The van der Waals surface area contributed by atoms with E-state index in [1.165, 1.54) is 6.07 Å². The van der Waals surface area contributed by atoms with Gasteiger partial charge in [0.2, 0.25) is 5.91 Å². The molecule has 1 atom stereocenters. The molecule has 1 saturated heterocycles. The van der Waals surface area contributed by atoms with Crippen LogP contribution in [-0.4, -0.2) is 43.5 Å². The minimum Gasteiger partial charge on any atom is -0.369 e. The van der Waals surface area contributed by atoms with Crippen molar-refractivity contribution < 1.29 is 18.0 Å². The van der Waals surface area contributed by atoms with Crippen molar-refractivity contribution in [2.45, 2.75) is 38.3 Å². The highest BCUT2D eigenvalue weighted by molar-refractivity contribution is 6.33. The van der Waals surface area contributed by atoms with Crippen molar-refractivity contribution in [1.82, 2.24) is 4.90 Å². The number of anilines is 1. The third kappa shape index (κ3) is 6.05. The molecule has 2 N–H and O–H groups in total. The molecule has 1 unspecified atom stereocenters. The van der Waals surface area contributed by atoms with Crippen LogP contribution in [0.25, 0.3) is 0 Å². The topological polar surface area (TPSA) is 73.4 Å². The molecule has 1 aliphatic heterocycles. The van der Waals surface area contributed by atoms with E-state index in [-0.39, 0.29) is 5.92 Å². The van der Waals surface area contributed by atoms with Gasteiger partial charge in [0.15, 0.2) is 0 Å². The van der Waals surface area contributed by atoms with Gasteiger partial charge >= 0.3 is 6.18 Å². The van der Waals surface area contributed by atoms with E-state index in [4.69, 9.17) is 22.6 Å². The van der Waals surface area contributed by atoms with Crippen molar-refractivity contribution in [2.24, 2.45) is 23.5 Å². The number of hydrogen-bond donors (Lipinski definition) is 1. The number of alkyl halides is 3. The first-order valence-corrected chi connectivity index (χ1v) is 11.1. The smallest absolute Gasteiger partial charge is 0.369 e. The van der Waals surface area contributed by atoms with Gasteiger partial charge in [-0.05, 0) is 55.8 Å². The summed E-state index contributed by atoms with van der Waals surface area (Å²) in [6.07, 6.45) is 0.364. The molecule has 2 aliphatic rings. The molecule has 170 valence electrons. The number of benzene rings is 1. The molecular formula is C22H28ClF3N4O. The second-order valence-electron chi connectivity index (χ2n) is 8.57. The van der Waals surface area contributed by atoms with E-state index in [0.29, 0.717) is 29.7 Å². The second-order valence-corrected chi connectivity index (χ2v) is 8.98. The van der Waals surface area contributed by atoms with Gasteiger partial charge in [0.05, 0.1) is 22.3 Å². The van der Waals surface area contributed by atoms with E-state index in [1.54, 1.807) is 0 Å². The van der Waals surface area contributed by atoms with Crippen LogP contribution in [0.5, 0.6) is 0 Å². The maximum Gasteiger partial charge on any atom is 0.416 e. The summed E-state index contributed by atoms with van der Waals surface area (Å²) in [5.74, 6) is -0.569. The normalized spacial score (nSPS) is 23.9. The highest BCUT2D eigenvalue weighted by Gasteiger charge is 2.33. The average molecular weight is 457 g/mol. The molecule has 1 aromatic carbocycles. The minimum absolute atomic E-state index is 0.0690. The lowest BCUT2D eigenvalue weighted by Crippen LogP contribution is -2.47. The third-order valence-electron chi connectivity index (χ3n) is 6.65. The number of nitriles is 1. The van der Waals surface area contributed by atoms with Gasteiger partial charge in [-0.1, -0.05) is 24.4 Å². The highest BCUT2D eigenvalue weighted by atomic mass is 35.5. The summed E-state index contributed by atoms with van der Waals surface area (Å²) in [7, 11) is 0. The molecule has 0 bridgehead atoms. The van der Waals surface area contributed by atoms with Gasteiger partial charge in [0.1, 0.15) is 5.92 Å². The number of hydrogen-bond acceptors (Lipinski definition) is 4. The van der Waals surface area contributed by atoms with E-state index in [9.17, 15) is 18.0 Å². The molecule has 2 fully saturated rings. The average Bonchev–Trinajstić information content (AvgIpc) is 2.73. The van der Waals surface area contributed by atoms with E-state index < -0.39 is 23.6 Å². The van der Waals surface area contributed by atoms with Gasteiger partial charge in [0.25, 0.3) is 0 Å². The minimum atomic E-state index is -4.38. The van der Waals surface area contributed by atoms with Gasteiger partial charge < -0.3 is 10.6 Å². The van der Waals surface area contributed by atoms with Gasteiger partial charge in [0, 0.05) is 26.2 Å². The number of nitrogens with zero attached hydrogens (tertiary/aromatic N) is 3. The molecule has 5 nitrogen and oxygen atoms in total. The first-order valence-electron chi connectivity index (χ1n) is 10.7. The Labute approximate surface area is 185 Å². The number of piperazine rings is 1. The lowest BCUT2D eigenvalue weighted by Gasteiger charge is -2.38. The van der Waals surface area contributed by atoms with E-state index in [0.717, 1.165) is 63.9 Å². The van der Waals surface area contributed by atoms with Crippen molar-refractivity contribution >= 4 is 23.2 Å². The Balaban J connectivity index is 1.45. The zero-order chi connectivity index (χ0) is 22.6. The Kier molecular flexibility index (Phi) is 7.71. The Morgan fingerprint density at radius 1 is 1.19 bits per heavy atom. The Morgan fingerprint density at radius 3 is 2.39 bits per heavy atom. The van der Waals surface area contributed by atoms with Crippen molar-refractivity contribution in [1.29, 1.82) is 5.26 Å². The summed E-state index contributed by atoms with van der Waals surface area (Å²) < 4.78 is 39.1. The standard InChI is InChI=1S/C22H28ClF3N4O/c23-19-6-5-17(22(24,25)26)13-20(19)30-11-9-29(10-12-30)8-7-15-1-3-16(4-2-15)18(14-27)21(28)31/h5-6,13,15-16,18H,1-4,7-12H2,(H2,28,31). The zero-order valence-electron chi connectivity index (χ0n) is 17.4. The van der Waals surface area contributed by atoms with Crippen LogP contribution >= 0.6 is 11.6 Å². The summed E-state index contributed by atoms with van der Waals surface area (Å²) >= 11 is 6.17. The van der Waals surface area contributed by atoms with Gasteiger partial charge in [-0.15, -0.1) is 0 Å². The van der Waals surface area contributed by atoms with Crippen LogP contribution in [0.2, 0.25) is 5.02 Å². The Morgan fingerprint density at radius 2 is 1.84 bits per heavy atom. The second kappa shape index (κ2) is 10.1. The lowest BCUT2D eigenvalue weighted by atomic mass is 9.75. The van der Waals surface area contributed by atoms with Crippen LogP contribution in [0.4, 0.5) is 18.9 Å².